The minimum atomic E-state index is -0.718. The van der Waals surface area contributed by atoms with E-state index >= 15 is 0 Å². The van der Waals surface area contributed by atoms with Crippen molar-refractivity contribution in [1.82, 2.24) is 15.6 Å². The number of allylic oxidation sites excluding steroid dienone is 2. The maximum absolute atomic E-state index is 12.6. The summed E-state index contributed by atoms with van der Waals surface area (Å²) in [6, 6.07) is 7.09. The number of benzene rings is 1. The second-order valence-corrected chi connectivity index (χ2v) is 7.55. The molecule has 0 saturated carbocycles. The van der Waals surface area contributed by atoms with Gasteiger partial charge in [-0.2, -0.15) is 0 Å². The lowest BCUT2D eigenvalue weighted by Gasteiger charge is -2.19. The lowest BCUT2D eigenvalue weighted by molar-refractivity contribution is -0.145. The fourth-order valence-corrected chi connectivity index (χ4v) is 3.69. The van der Waals surface area contributed by atoms with Crippen LogP contribution >= 0.6 is 0 Å². The van der Waals surface area contributed by atoms with Gasteiger partial charge in [-0.05, 0) is 44.9 Å². The average Bonchev–Trinajstić information content (AvgIpc) is 3.33. The molecule has 3 rings (SSSR count). The Bertz CT molecular complexity index is 874. The van der Waals surface area contributed by atoms with E-state index in [1.807, 2.05) is 24.3 Å². The van der Waals surface area contributed by atoms with Crippen molar-refractivity contribution in [1.29, 1.82) is 0 Å². The highest BCUT2D eigenvalue weighted by atomic mass is 16.5. The second-order valence-electron chi connectivity index (χ2n) is 7.55. The summed E-state index contributed by atoms with van der Waals surface area (Å²) >= 11 is 0. The Morgan fingerprint density at radius 3 is 2.79 bits per heavy atom. The third-order valence-electron chi connectivity index (χ3n) is 5.20. The minimum absolute atomic E-state index is 0.140. The number of carbonyl (C=O) groups excluding carboxylic acids is 2. The van der Waals surface area contributed by atoms with Crippen LogP contribution in [0.15, 0.2) is 35.9 Å². The first kappa shape index (κ1) is 20.1. The van der Waals surface area contributed by atoms with Crippen LogP contribution in [0, 0.1) is 0 Å². The van der Waals surface area contributed by atoms with Gasteiger partial charge in [0.2, 0.25) is 5.91 Å². The second kappa shape index (κ2) is 9.06. The standard InChI is InChI=1S/C22H29N3O3/c1-14(2)10-11-18-16(15-7-4-5-8-17(15)24-18)13-20(22(27)28-3)25-21(26)19-9-6-12-23-19/h4-5,7-8,10,19-20,23-24H,6,9,11-13H2,1-3H3,(H,25,26)/t19-,20-/m0/s1. The fourth-order valence-electron chi connectivity index (χ4n) is 3.69. The van der Waals surface area contributed by atoms with Crippen molar-refractivity contribution in [2.24, 2.45) is 0 Å². The van der Waals surface area contributed by atoms with Crippen LogP contribution in [0.1, 0.15) is 37.9 Å². The zero-order chi connectivity index (χ0) is 20.1. The van der Waals surface area contributed by atoms with Gasteiger partial charge < -0.3 is 20.4 Å². The molecular weight excluding hydrogens is 354 g/mol. The van der Waals surface area contributed by atoms with Crippen LogP contribution in [0.2, 0.25) is 0 Å². The number of nitrogens with one attached hydrogen (secondary N) is 3. The molecule has 0 spiro atoms. The number of fused-ring (bicyclic) bond motifs is 1. The maximum atomic E-state index is 12.6. The number of para-hydroxylation sites is 1. The number of carbonyl (C=O) groups is 2. The molecule has 1 aliphatic rings. The van der Waals surface area contributed by atoms with E-state index in [-0.39, 0.29) is 11.9 Å². The summed E-state index contributed by atoms with van der Waals surface area (Å²) in [5.41, 5.74) is 4.37. The minimum Gasteiger partial charge on any atom is -0.467 e. The molecule has 2 aromatic rings. The zero-order valence-corrected chi connectivity index (χ0v) is 16.8. The summed E-state index contributed by atoms with van der Waals surface area (Å²) in [5.74, 6) is -0.566. The van der Waals surface area contributed by atoms with Gasteiger partial charge in [-0.15, -0.1) is 0 Å². The molecule has 0 unspecified atom stereocenters. The summed E-state index contributed by atoms with van der Waals surface area (Å²) in [6.45, 7) is 4.96. The van der Waals surface area contributed by atoms with Crippen molar-refractivity contribution in [2.45, 2.75) is 51.6 Å². The summed E-state index contributed by atoms with van der Waals surface area (Å²) < 4.78 is 4.98. The molecule has 1 aromatic heterocycles. The van der Waals surface area contributed by atoms with Crippen molar-refractivity contribution in [3.63, 3.8) is 0 Å². The molecule has 6 heteroatoms. The number of esters is 1. The van der Waals surface area contributed by atoms with Gasteiger partial charge in [-0.1, -0.05) is 29.8 Å². The predicted octanol–water partition coefficient (Wildman–Crippen LogP) is 2.63. The number of methoxy groups -OCH3 is 1. The summed E-state index contributed by atoms with van der Waals surface area (Å²) in [4.78, 5) is 28.5. The molecule has 6 nitrogen and oxygen atoms in total. The van der Waals surface area contributed by atoms with E-state index in [0.29, 0.717) is 6.42 Å². The Labute approximate surface area is 165 Å². The van der Waals surface area contributed by atoms with Crippen LogP contribution in [0.5, 0.6) is 0 Å². The first-order valence-corrected chi connectivity index (χ1v) is 9.83. The van der Waals surface area contributed by atoms with E-state index in [1.165, 1.54) is 12.7 Å². The van der Waals surface area contributed by atoms with E-state index in [1.54, 1.807) is 0 Å². The molecule has 0 bridgehead atoms. The molecule has 1 fully saturated rings. The van der Waals surface area contributed by atoms with Gasteiger partial charge in [0.15, 0.2) is 0 Å². The van der Waals surface area contributed by atoms with E-state index in [0.717, 1.165) is 48.0 Å². The van der Waals surface area contributed by atoms with Gasteiger partial charge in [-0.25, -0.2) is 4.79 Å². The lowest BCUT2D eigenvalue weighted by Crippen LogP contribution is -2.49. The number of aromatic nitrogens is 1. The molecule has 1 amide bonds. The molecule has 1 aromatic carbocycles. The number of aromatic amines is 1. The molecule has 1 aliphatic heterocycles. The molecule has 0 aliphatic carbocycles. The Balaban J connectivity index is 1.89. The number of amides is 1. The fraction of sp³-hybridized carbons (Fsp3) is 0.455. The van der Waals surface area contributed by atoms with Crippen molar-refractivity contribution < 1.29 is 14.3 Å². The van der Waals surface area contributed by atoms with Crippen LogP contribution in [0.4, 0.5) is 0 Å². The summed E-state index contributed by atoms with van der Waals surface area (Å²) in [5, 5.41) is 7.14. The summed E-state index contributed by atoms with van der Waals surface area (Å²) in [6.07, 6.45) is 5.05. The van der Waals surface area contributed by atoms with Gasteiger partial charge in [0.1, 0.15) is 6.04 Å². The monoisotopic (exact) mass is 383 g/mol. The lowest BCUT2D eigenvalue weighted by atomic mass is 10.00. The van der Waals surface area contributed by atoms with Crippen LogP contribution in [-0.4, -0.2) is 42.6 Å². The van der Waals surface area contributed by atoms with Gasteiger partial charge in [0.05, 0.1) is 13.2 Å². The number of rotatable bonds is 7. The smallest absolute Gasteiger partial charge is 0.328 e. The third kappa shape index (κ3) is 4.62. The quantitative estimate of drug-likeness (QED) is 0.507. The predicted molar refractivity (Wildman–Crippen MR) is 110 cm³/mol. The van der Waals surface area contributed by atoms with E-state index in [4.69, 9.17) is 4.74 Å². The van der Waals surface area contributed by atoms with Crippen LogP contribution in [0.25, 0.3) is 10.9 Å². The Morgan fingerprint density at radius 1 is 1.32 bits per heavy atom. The first-order chi connectivity index (χ1) is 13.5. The zero-order valence-electron chi connectivity index (χ0n) is 16.8. The van der Waals surface area contributed by atoms with Crippen LogP contribution in [-0.2, 0) is 27.2 Å². The highest BCUT2D eigenvalue weighted by Crippen LogP contribution is 2.25. The van der Waals surface area contributed by atoms with Crippen molar-refractivity contribution in [2.75, 3.05) is 13.7 Å². The number of hydrogen-bond acceptors (Lipinski definition) is 4. The van der Waals surface area contributed by atoms with Gasteiger partial charge >= 0.3 is 5.97 Å². The highest BCUT2D eigenvalue weighted by molar-refractivity contribution is 5.89. The SMILES string of the molecule is COC(=O)[C@H](Cc1c(CC=C(C)C)[nH]c2ccccc12)NC(=O)[C@@H]1CCCN1. The largest absolute Gasteiger partial charge is 0.467 e. The molecule has 0 radical (unpaired) electrons. The van der Waals surface area contributed by atoms with E-state index in [2.05, 4.69) is 35.5 Å². The van der Waals surface area contributed by atoms with Gasteiger partial charge in [0, 0.05) is 29.4 Å². The normalized spacial score (nSPS) is 17.3. The molecule has 150 valence electrons. The maximum Gasteiger partial charge on any atom is 0.328 e. The van der Waals surface area contributed by atoms with Crippen molar-refractivity contribution in [3.05, 3.63) is 47.2 Å². The van der Waals surface area contributed by atoms with Gasteiger partial charge in [-0.3, -0.25) is 4.79 Å². The molecular formula is C22H29N3O3. The number of ether oxygens (including phenoxy) is 1. The molecule has 2 heterocycles. The molecule has 28 heavy (non-hydrogen) atoms. The van der Waals surface area contributed by atoms with E-state index in [9.17, 15) is 9.59 Å². The number of H-pyrrole nitrogens is 1. The van der Waals surface area contributed by atoms with Crippen molar-refractivity contribution in [3.8, 4) is 0 Å². The van der Waals surface area contributed by atoms with Crippen LogP contribution < -0.4 is 10.6 Å². The summed E-state index contributed by atoms with van der Waals surface area (Å²) in [7, 11) is 1.36. The van der Waals surface area contributed by atoms with Crippen molar-refractivity contribution >= 4 is 22.8 Å². The topological polar surface area (TPSA) is 83.2 Å². The molecule has 3 N–H and O–H groups in total. The Kier molecular flexibility index (Phi) is 6.52. The average molecular weight is 383 g/mol. The highest BCUT2D eigenvalue weighted by Gasteiger charge is 2.29. The Hall–Kier alpha value is -2.60. The van der Waals surface area contributed by atoms with Crippen LogP contribution in [0.3, 0.4) is 0 Å². The molecule has 1 saturated heterocycles. The van der Waals surface area contributed by atoms with E-state index < -0.39 is 12.0 Å². The Morgan fingerprint density at radius 2 is 2.11 bits per heavy atom. The molecule has 2 atom stereocenters. The third-order valence-corrected chi connectivity index (χ3v) is 5.20. The number of hydrogen-bond donors (Lipinski definition) is 3. The first-order valence-electron chi connectivity index (χ1n) is 9.83. The van der Waals surface area contributed by atoms with Gasteiger partial charge in [0.25, 0.3) is 0 Å².